The molecule has 0 aliphatic rings. The number of benzene rings is 1. The number of amides is 1. The fraction of sp³-hybridized carbons (Fsp3) is 0.231. The highest BCUT2D eigenvalue weighted by Gasteiger charge is 2.11. The van der Waals surface area contributed by atoms with E-state index in [0.29, 0.717) is 12.1 Å². The lowest BCUT2D eigenvalue weighted by atomic mass is 10.1. The van der Waals surface area contributed by atoms with E-state index in [2.05, 4.69) is 15.5 Å². The van der Waals surface area contributed by atoms with Gasteiger partial charge in [-0.15, -0.1) is 0 Å². The number of nitrogens with one attached hydrogen (secondary N) is 2. The number of hydrogen-bond acceptors (Lipinski definition) is 3. The fourth-order valence-corrected chi connectivity index (χ4v) is 1.71. The zero-order chi connectivity index (χ0) is 13.1. The quantitative estimate of drug-likeness (QED) is 0.769. The zero-order valence-electron chi connectivity index (χ0n) is 10.4. The summed E-state index contributed by atoms with van der Waals surface area (Å²) < 4.78 is 0. The molecule has 1 aromatic heterocycles. The summed E-state index contributed by atoms with van der Waals surface area (Å²) in [6, 6.07) is 7.23. The summed E-state index contributed by atoms with van der Waals surface area (Å²) in [6.45, 7) is 4.19. The van der Waals surface area contributed by atoms with Crippen LogP contribution in [0.5, 0.6) is 0 Å². The predicted molar refractivity (Wildman–Crippen MR) is 70.3 cm³/mol. The van der Waals surface area contributed by atoms with Crippen molar-refractivity contribution in [3.63, 3.8) is 0 Å². The molecule has 5 heteroatoms. The topological polar surface area (TPSA) is 83.8 Å². The first-order chi connectivity index (χ1) is 8.61. The monoisotopic (exact) mass is 244 g/mol. The molecule has 0 unspecified atom stereocenters. The number of hydrogen-bond donors (Lipinski definition) is 3. The number of anilines is 1. The Kier molecular flexibility index (Phi) is 3.43. The van der Waals surface area contributed by atoms with Crippen LogP contribution in [0.4, 0.5) is 5.69 Å². The van der Waals surface area contributed by atoms with E-state index in [0.717, 1.165) is 22.6 Å². The first-order valence-electron chi connectivity index (χ1n) is 5.73. The minimum atomic E-state index is -0.147. The summed E-state index contributed by atoms with van der Waals surface area (Å²) in [4.78, 5) is 12.0. The molecule has 0 radical (unpaired) electrons. The summed E-state index contributed by atoms with van der Waals surface area (Å²) >= 11 is 0. The fourth-order valence-electron chi connectivity index (χ4n) is 1.71. The van der Waals surface area contributed by atoms with Crippen LogP contribution in [0.25, 0.3) is 0 Å². The van der Waals surface area contributed by atoms with Gasteiger partial charge < -0.3 is 11.1 Å². The molecular formula is C13H16N4O. The second-order valence-corrected chi connectivity index (χ2v) is 4.16. The molecule has 0 bridgehead atoms. The molecule has 0 saturated carbocycles. The zero-order valence-corrected chi connectivity index (χ0v) is 10.4. The molecule has 1 heterocycles. The lowest BCUT2D eigenvalue weighted by molar-refractivity contribution is 0.102. The largest absolute Gasteiger partial charge is 0.326 e. The second-order valence-electron chi connectivity index (χ2n) is 4.16. The number of rotatable bonds is 3. The number of aryl methyl sites for hydroxylation is 2. The molecule has 0 saturated heterocycles. The van der Waals surface area contributed by atoms with Crippen molar-refractivity contribution in [3.8, 4) is 0 Å². The Morgan fingerprint density at radius 3 is 2.50 bits per heavy atom. The number of carbonyl (C=O) groups excluding carboxylic acids is 1. The molecule has 1 amide bonds. The lowest BCUT2D eigenvalue weighted by Crippen LogP contribution is -2.13. The molecule has 1 aromatic carbocycles. The third-order valence-corrected chi connectivity index (χ3v) is 2.82. The van der Waals surface area contributed by atoms with Crippen molar-refractivity contribution >= 4 is 11.6 Å². The van der Waals surface area contributed by atoms with E-state index in [9.17, 15) is 4.79 Å². The van der Waals surface area contributed by atoms with E-state index in [1.165, 1.54) is 0 Å². The predicted octanol–water partition coefficient (Wildman–Crippen LogP) is 1.74. The lowest BCUT2D eigenvalue weighted by Gasteiger charge is -2.05. The summed E-state index contributed by atoms with van der Waals surface area (Å²) in [5.74, 6) is -0.147. The van der Waals surface area contributed by atoms with Crippen LogP contribution >= 0.6 is 0 Å². The minimum Gasteiger partial charge on any atom is -0.326 e. The average molecular weight is 244 g/mol. The van der Waals surface area contributed by atoms with Crippen LogP contribution < -0.4 is 11.1 Å². The van der Waals surface area contributed by atoms with Gasteiger partial charge in [0.05, 0.1) is 17.1 Å². The number of nitrogens with zero attached hydrogens (tertiary/aromatic N) is 1. The number of aromatic amines is 1. The summed E-state index contributed by atoms with van der Waals surface area (Å²) in [7, 11) is 0. The highest BCUT2D eigenvalue weighted by atomic mass is 16.1. The molecule has 0 aliphatic heterocycles. The molecular weight excluding hydrogens is 228 g/mol. The van der Waals surface area contributed by atoms with Gasteiger partial charge in [-0.25, -0.2) is 0 Å². The first-order valence-corrected chi connectivity index (χ1v) is 5.73. The van der Waals surface area contributed by atoms with Gasteiger partial charge in [-0.2, -0.15) is 5.10 Å². The first kappa shape index (κ1) is 12.3. The van der Waals surface area contributed by atoms with Crippen LogP contribution in [-0.4, -0.2) is 16.1 Å². The highest BCUT2D eigenvalue weighted by Crippen LogP contribution is 2.17. The van der Waals surface area contributed by atoms with Crippen molar-refractivity contribution in [2.75, 3.05) is 5.32 Å². The van der Waals surface area contributed by atoms with Crippen molar-refractivity contribution in [2.24, 2.45) is 5.73 Å². The summed E-state index contributed by atoms with van der Waals surface area (Å²) in [6.07, 6.45) is 0. The number of carbonyl (C=O) groups is 1. The molecule has 2 aromatic rings. The molecule has 5 nitrogen and oxygen atoms in total. The molecule has 2 rings (SSSR count). The number of nitrogens with two attached hydrogens (primary N) is 1. The SMILES string of the molecule is Cc1n[nH]c(C)c1NC(=O)c1ccc(CN)cc1. The van der Waals surface area contributed by atoms with Gasteiger partial charge in [-0.3, -0.25) is 9.89 Å². The Balaban J connectivity index is 2.17. The second kappa shape index (κ2) is 5.01. The van der Waals surface area contributed by atoms with Crippen molar-refractivity contribution in [2.45, 2.75) is 20.4 Å². The number of H-pyrrole nitrogens is 1. The Morgan fingerprint density at radius 1 is 1.33 bits per heavy atom. The highest BCUT2D eigenvalue weighted by molar-refractivity contribution is 6.04. The van der Waals surface area contributed by atoms with E-state index in [1.807, 2.05) is 26.0 Å². The van der Waals surface area contributed by atoms with Crippen molar-refractivity contribution in [1.82, 2.24) is 10.2 Å². The Morgan fingerprint density at radius 2 is 2.00 bits per heavy atom. The van der Waals surface area contributed by atoms with Gasteiger partial charge in [0.25, 0.3) is 5.91 Å². The maximum absolute atomic E-state index is 12.0. The van der Waals surface area contributed by atoms with Crippen LogP contribution in [-0.2, 0) is 6.54 Å². The molecule has 94 valence electrons. The van der Waals surface area contributed by atoms with E-state index in [4.69, 9.17) is 5.73 Å². The van der Waals surface area contributed by atoms with Crippen LogP contribution in [0, 0.1) is 13.8 Å². The minimum absolute atomic E-state index is 0.147. The van der Waals surface area contributed by atoms with Gasteiger partial charge in [0.15, 0.2) is 0 Å². The Hall–Kier alpha value is -2.14. The third kappa shape index (κ3) is 2.41. The summed E-state index contributed by atoms with van der Waals surface area (Å²) in [5, 5.41) is 9.71. The van der Waals surface area contributed by atoms with Crippen LogP contribution in [0.2, 0.25) is 0 Å². The number of aromatic nitrogens is 2. The third-order valence-electron chi connectivity index (χ3n) is 2.82. The van der Waals surface area contributed by atoms with Crippen molar-refractivity contribution in [1.29, 1.82) is 0 Å². The van der Waals surface area contributed by atoms with Crippen molar-refractivity contribution < 1.29 is 4.79 Å². The van der Waals surface area contributed by atoms with Gasteiger partial charge in [-0.1, -0.05) is 12.1 Å². The molecule has 0 atom stereocenters. The smallest absolute Gasteiger partial charge is 0.255 e. The van der Waals surface area contributed by atoms with Gasteiger partial charge in [0, 0.05) is 12.1 Å². The van der Waals surface area contributed by atoms with E-state index in [1.54, 1.807) is 12.1 Å². The standard InChI is InChI=1S/C13H16N4O/c1-8-12(9(2)17-16-8)15-13(18)11-5-3-10(7-14)4-6-11/h3-6H,7,14H2,1-2H3,(H,15,18)(H,16,17). The van der Waals surface area contributed by atoms with Gasteiger partial charge >= 0.3 is 0 Å². The Labute approximate surface area is 105 Å². The van der Waals surface area contributed by atoms with Gasteiger partial charge in [-0.05, 0) is 31.5 Å². The van der Waals surface area contributed by atoms with E-state index in [-0.39, 0.29) is 5.91 Å². The Bertz CT molecular complexity index is 537. The molecule has 0 aliphatic carbocycles. The van der Waals surface area contributed by atoms with E-state index < -0.39 is 0 Å². The van der Waals surface area contributed by atoms with E-state index >= 15 is 0 Å². The van der Waals surface area contributed by atoms with Crippen LogP contribution in [0.3, 0.4) is 0 Å². The van der Waals surface area contributed by atoms with Gasteiger partial charge in [0.1, 0.15) is 0 Å². The van der Waals surface area contributed by atoms with Crippen LogP contribution in [0.1, 0.15) is 27.3 Å². The average Bonchev–Trinajstić information content (AvgIpc) is 2.70. The normalized spacial score (nSPS) is 10.4. The van der Waals surface area contributed by atoms with Gasteiger partial charge in [0.2, 0.25) is 0 Å². The molecule has 0 fully saturated rings. The maximum Gasteiger partial charge on any atom is 0.255 e. The van der Waals surface area contributed by atoms with Crippen LogP contribution in [0.15, 0.2) is 24.3 Å². The molecule has 18 heavy (non-hydrogen) atoms. The molecule has 4 N–H and O–H groups in total. The van der Waals surface area contributed by atoms with Crippen molar-refractivity contribution in [3.05, 3.63) is 46.8 Å². The maximum atomic E-state index is 12.0. The molecule has 0 spiro atoms. The summed E-state index contributed by atoms with van der Waals surface area (Å²) in [5.41, 5.74) is 9.48.